The first-order valence-electron chi connectivity index (χ1n) is 17.3. The molecule has 2 N–H and O–H groups in total. The van der Waals surface area contributed by atoms with Crippen molar-refractivity contribution in [2.75, 3.05) is 0 Å². The largest absolute Gasteiger partial charge is 0.507 e. The smallest absolute Gasteiger partial charge is 0.359 e. The van der Waals surface area contributed by atoms with E-state index in [0.29, 0.717) is 29.7 Å². The van der Waals surface area contributed by atoms with Gasteiger partial charge in [0.05, 0.1) is 22.0 Å². The third-order valence-corrected chi connectivity index (χ3v) is 10.4. The fourth-order valence-electron chi connectivity index (χ4n) is 6.70. The number of ketones is 2. The number of benzene rings is 2. The molecule has 0 amide bonds. The molecule has 0 heterocycles. The molecule has 0 aromatic heterocycles. The van der Waals surface area contributed by atoms with E-state index in [1.54, 1.807) is 6.07 Å². The number of nitrogens with zero attached hydrogens (tertiary/aromatic N) is 1. The number of aryl methyl sites for hydroxylation is 1. The first-order valence-corrected chi connectivity index (χ1v) is 18.1. The first-order chi connectivity index (χ1) is 22.2. The van der Waals surface area contributed by atoms with Crippen LogP contribution in [0.2, 0.25) is 0 Å². The van der Waals surface area contributed by atoms with Gasteiger partial charge in [-0.25, -0.2) is 0 Å². The molecule has 0 spiro atoms. The summed E-state index contributed by atoms with van der Waals surface area (Å²) in [6.45, 7) is 4.35. The number of Topliss-reactive ketones (excluding diaryl/α,β-unsaturated/α-hetero) is 2. The van der Waals surface area contributed by atoms with Crippen molar-refractivity contribution in [3.63, 3.8) is 0 Å². The van der Waals surface area contributed by atoms with Gasteiger partial charge in [0.25, 0.3) is 0 Å². The van der Waals surface area contributed by atoms with Gasteiger partial charge in [-0.3, -0.25) is 19.7 Å². The van der Waals surface area contributed by atoms with Gasteiger partial charge >= 0.3 is 5.72 Å². The van der Waals surface area contributed by atoms with Gasteiger partial charge < -0.3 is 10.2 Å². The molecule has 0 bridgehead atoms. The highest BCUT2D eigenvalue weighted by Gasteiger charge is 2.59. The number of allylic oxidation sites excluding steroid dienone is 2. The maximum atomic E-state index is 14.4. The van der Waals surface area contributed by atoms with Crippen LogP contribution in [-0.2, 0) is 6.42 Å². The molecule has 7 nitrogen and oxygen atoms in total. The number of carbonyl (C=O) groups excluding carboxylic acids is 2. The van der Waals surface area contributed by atoms with E-state index in [1.165, 1.54) is 49.6 Å². The zero-order valence-corrected chi connectivity index (χ0v) is 28.2. The molecule has 2 unspecified atom stereocenters. The van der Waals surface area contributed by atoms with Crippen LogP contribution in [0.15, 0.2) is 69.5 Å². The molecule has 8 heteroatoms. The molecule has 2 aliphatic rings. The van der Waals surface area contributed by atoms with Gasteiger partial charge in [0.1, 0.15) is 11.3 Å². The van der Waals surface area contributed by atoms with E-state index >= 15 is 0 Å². The molecule has 0 radical (unpaired) electrons. The normalized spacial score (nSPS) is 19.0. The molecule has 0 saturated heterocycles. The van der Waals surface area contributed by atoms with Gasteiger partial charge in [0.15, 0.2) is 5.78 Å². The minimum Gasteiger partial charge on any atom is -0.507 e. The molecule has 4 rings (SSSR count). The van der Waals surface area contributed by atoms with Crippen molar-refractivity contribution in [3.8, 4) is 5.75 Å². The van der Waals surface area contributed by atoms with E-state index in [9.17, 15) is 29.9 Å². The minimum atomic E-state index is -2.74. The highest BCUT2D eigenvalue weighted by atomic mass is 32.2. The summed E-state index contributed by atoms with van der Waals surface area (Å²) in [5.41, 5.74) is -3.03. The topological polar surface area (TPSA) is 118 Å². The lowest BCUT2D eigenvalue weighted by Crippen LogP contribution is -2.52. The molecule has 2 aromatic rings. The molecule has 46 heavy (non-hydrogen) atoms. The van der Waals surface area contributed by atoms with Crippen LogP contribution in [0, 0.1) is 16.0 Å². The zero-order chi connectivity index (χ0) is 33.1. The quantitative estimate of drug-likeness (QED) is 0.0674. The Bertz CT molecular complexity index is 1450. The maximum absolute atomic E-state index is 14.4. The standard InChI is InChI=1S/C38H49NO6S/c1-3-5-7-9-11-13-16-20-27-26-31(46-29-22-18-15-19-23-29)32-33(35(27)40)36(41)30-25-24-28(21-17-14-12-10-8-6-4-2)38(43,39(44)45)34(30)37(32)42/h15,18-19,22-26,28,40,43H,3-14,16-17,20-21H2,1-2H3. The molecule has 0 saturated carbocycles. The van der Waals surface area contributed by atoms with Crippen molar-refractivity contribution >= 4 is 23.3 Å². The Morgan fingerprint density at radius 3 is 2.02 bits per heavy atom. The van der Waals surface area contributed by atoms with Crippen LogP contribution in [0.4, 0.5) is 0 Å². The number of fused-ring (bicyclic) bond motifs is 1. The van der Waals surface area contributed by atoms with Crippen LogP contribution >= 0.6 is 11.8 Å². The number of rotatable bonds is 19. The summed E-state index contributed by atoms with van der Waals surface area (Å²) in [6.07, 6.45) is 18.6. The van der Waals surface area contributed by atoms with Gasteiger partial charge in [0, 0.05) is 15.4 Å². The number of hydrogen-bond donors (Lipinski definition) is 2. The summed E-state index contributed by atoms with van der Waals surface area (Å²) in [6, 6.07) is 11.1. The summed E-state index contributed by atoms with van der Waals surface area (Å²) in [5, 5.41) is 35.8. The van der Waals surface area contributed by atoms with Crippen molar-refractivity contribution in [3.05, 3.63) is 86.5 Å². The van der Waals surface area contributed by atoms with E-state index < -0.39 is 33.7 Å². The van der Waals surface area contributed by atoms with E-state index in [1.807, 2.05) is 30.3 Å². The third-order valence-electron chi connectivity index (χ3n) is 9.34. The average molecular weight is 648 g/mol. The summed E-state index contributed by atoms with van der Waals surface area (Å²) >= 11 is 1.28. The van der Waals surface area contributed by atoms with Gasteiger partial charge in [-0.15, -0.1) is 0 Å². The van der Waals surface area contributed by atoms with Crippen LogP contribution in [0.25, 0.3) is 0 Å². The number of nitro groups is 1. The van der Waals surface area contributed by atoms with Crippen LogP contribution in [0.1, 0.15) is 136 Å². The predicted octanol–water partition coefficient (Wildman–Crippen LogP) is 9.80. The van der Waals surface area contributed by atoms with Crippen LogP contribution < -0.4 is 0 Å². The zero-order valence-electron chi connectivity index (χ0n) is 27.4. The van der Waals surface area contributed by atoms with Crippen molar-refractivity contribution in [2.45, 2.75) is 132 Å². The molecule has 248 valence electrons. The van der Waals surface area contributed by atoms with Crippen molar-refractivity contribution in [1.82, 2.24) is 0 Å². The number of aliphatic hydroxyl groups is 1. The van der Waals surface area contributed by atoms with Crippen molar-refractivity contribution in [2.24, 2.45) is 5.92 Å². The maximum Gasteiger partial charge on any atom is 0.359 e. The Labute approximate surface area is 277 Å². The molecule has 2 aromatic carbocycles. The Balaban J connectivity index is 1.66. The summed E-state index contributed by atoms with van der Waals surface area (Å²) in [5.74, 6) is -2.63. The fourth-order valence-corrected chi connectivity index (χ4v) is 7.75. The number of phenols is 1. The second kappa shape index (κ2) is 17.1. The van der Waals surface area contributed by atoms with Gasteiger partial charge in [0.2, 0.25) is 5.78 Å². The molecular formula is C38H49NO6S. The lowest BCUT2D eigenvalue weighted by Gasteiger charge is -2.34. The van der Waals surface area contributed by atoms with Gasteiger partial charge in [-0.2, -0.15) is 0 Å². The molecule has 2 atom stereocenters. The lowest BCUT2D eigenvalue weighted by molar-refractivity contribution is -0.619. The summed E-state index contributed by atoms with van der Waals surface area (Å²) < 4.78 is 0. The molecule has 0 fully saturated rings. The number of unbranched alkanes of at least 4 members (excludes halogenated alkanes) is 12. The van der Waals surface area contributed by atoms with E-state index in [4.69, 9.17) is 0 Å². The van der Waals surface area contributed by atoms with Crippen molar-refractivity contribution < 1.29 is 24.7 Å². The Kier molecular flexibility index (Phi) is 13.2. The van der Waals surface area contributed by atoms with E-state index in [2.05, 4.69) is 13.8 Å². The number of aromatic hydroxyl groups is 1. The Morgan fingerprint density at radius 2 is 1.41 bits per heavy atom. The van der Waals surface area contributed by atoms with Crippen molar-refractivity contribution in [1.29, 1.82) is 0 Å². The molecule has 2 aliphatic carbocycles. The number of carbonyl (C=O) groups is 2. The number of phenolic OH excluding ortho intramolecular Hbond substituents is 1. The SMILES string of the molecule is CCCCCCCCCc1cc(Sc2ccccc2)c2c(c1O)C(=O)C1=C(C2=O)C(O)([N+](=O)[O-])C(CCCCCCCCC)C=C1. The van der Waals surface area contributed by atoms with Crippen LogP contribution in [-0.4, -0.2) is 32.4 Å². The average Bonchev–Trinajstić information content (AvgIpc) is 3.04. The third kappa shape index (κ3) is 8.00. The monoisotopic (exact) mass is 647 g/mol. The lowest BCUT2D eigenvalue weighted by atomic mass is 9.70. The Hall–Kier alpha value is -3.23. The minimum absolute atomic E-state index is 0.0660. The van der Waals surface area contributed by atoms with Gasteiger partial charge in [-0.1, -0.05) is 139 Å². The second-order valence-corrected chi connectivity index (χ2v) is 13.8. The highest BCUT2D eigenvalue weighted by Crippen LogP contribution is 2.48. The Morgan fingerprint density at radius 1 is 0.826 bits per heavy atom. The van der Waals surface area contributed by atoms with Crippen LogP contribution in [0.3, 0.4) is 0 Å². The highest BCUT2D eigenvalue weighted by molar-refractivity contribution is 7.99. The van der Waals surface area contributed by atoms with E-state index in [-0.39, 0.29) is 22.4 Å². The molecule has 0 aliphatic heterocycles. The predicted molar refractivity (Wildman–Crippen MR) is 183 cm³/mol. The summed E-state index contributed by atoms with van der Waals surface area (Å²) in [7, 11) is 0. The second-order valence-electron chi connectivity index (χ2n) is 12.7. The number of hydrogen-bond acceptors (Lipinski definition) is 7. The summed E-state index contributed by atoms with van der Waals surface area (Å²) in [4.78, 5) is 41.5. The molecular weight excluding hydrogens is 598 g/mol. The fraction of sp³-hybridized carbons (Fsp3) is 0.526. The van der Waals surface area contributed by atoms with Crippen LogP contribution in [0.5, 0.6) is 5.75 Å². The first kappa shape index (κ1) is 35.6. The van der Waals surface area contributed by atoms with Gasteiger partial charge in [-0.05, 0) is 43.0 Å². The van der Waals surface area contributed by atoms with E-state index in [0.717, 1.165) is 62.7 Å².